The normalized spacial score (nSPS) is 12.0. The first-order chi connectivity index (χ1) is 16.5. The molecule has 0 saturated heterocycles. The van der Waals surface area contributed by atoms with Crippen LogP contribution in [0.5, 0.6) is 0 Å². The maximum Gasteiger partial charge on any atom is 0.490 e. The summed E-state index contributed by atoms with van der Waals surface area (Å²) >= 11 is 2.36. The molecule has 0 aliphatic carbocycles. The Labute approximate surface area is 209 Å². The Morgan fingerprint density at radius 3 is 2.00 bits per heavy atom. The largest absolute Gasteiger partial charge is 0.490 e. The summed E-state index contributed by atoms with van der Waals surface area (Å²) in [5.74, 6) is -2.97. The van der Waals surface area contributed by atoms with Crippen LogP contribution in [0, 0.1) is 5.41 Å². The lowest BCUT2D eigenvalue weighted by Crippen LogP contribution is -2.21. The van der Waals surface area contributed by atoms with Gasteiger partial charge in [0.25, 0.3) is 0 Å². The van der Waals surface area contributed by atoms with Crippen LogP contribution in [-0.4, -0.2) is 37.8 Å². The van der Waals surface area contributed by atoms with E-state index in [1.54, 1.807) is 12.3 Å². The van der Waals surface area contributed by atoms with E-state index in [9.17, 15) is 34.8 Å². The molecule has 36 heavy (non-hydrogen) atoms. The van der Waals surface area contributed by atoms with Gasteiger partial charge < -0.3 is 10.8 Å². The van der Waals surface area contributed by atoms with E-state index in [1.807, 2.05) is 0 Å². The number of benzene rings is 2. The molecule has 15 heteroatoms. The van der Waals surface area contributed by atoms with Crippen LogP contribution in [0.25, 0.3) is 11.1 Å². The number of rotatable bonds is 5. The molecule has 0 amide bonds. The monoisotopic (exact) mass is 570 g/mol. The zero-order valence-electron chi connectivity index (χ0n) is 17.9. The number of thioether (sulfide) groups is 1. The van der Waals surface area contributed by atoms with E-state index >= 15 is 0 Å². The molecule has 3 aromatic rings. The van der Waals surface area contributed by atoms with Gasteiger partial charge in [-0.15, -0.1) is 23.1 Å². The lowest BCUT2D eigenvalue weighted by molar-refractivity contribution is -0.192. The van der Waals surface area contributed by atoms with Gasteiger partial charge in [0.15, 0.2) is 0 Å². The van der Waals surface area contributed by atoms with Crippen LogP contribution >= 0.6 is 23.1 Å². The molecule has 0 spiro atoms. The Kier molecular flexibility index (Phi) is 8.86. The third-order valence-corrected chi connectivity index (χ3v) is 8.68. The Balaban J connectivity index is 0.000000572. The molecule has 1 aromatic heterocycles. The summed E-state index contributed by atoms with van der Waals surface area (Å²) in [6.07, 6.45) is -7.79. The fourth-order valence-corrected chi connectivity index (χ4v) is 6.54. The second-order valence-corrected chi connectivity index (χ2v) is 10.8. The topological polar surface area (TPSA) is 121 Å². The number of sulfone groups is 1. The second kappa shape index (κ2) is 10.9. The van der Waals surface area contributed by atoms with Gasteiger partial charge in [-0.2, -0.15) is 26.3 Å². The standard InChI is InChI=1S/C19H15F3N2O2S3.C2HF3O2/c1-27-18-16(10-15(28-18)17(23)24)29(25,26)14-4-2-3-12(9-14)11-5-7-13(8-6-11)19(20,21)22;3-2(4,5)1(6)7/h2-10H,1H3,(H3,23,24);(H,6,7). The molecule has 4 N–H and O–H groups in total. The summed E-state index contributed by atoms with van der Waals surface area (Å²) in [6, 6.07) is 11.9. The van der Waals surface area contributed by atoms with E-state index in [2.05, 4.69) is 0 Å². The molecule has 0 atom stereocenters. The van der Waals surface area contributed by atoms with Gasteiger partial charge in [-0.3, -0.25) is 5.41 Å². The number of thiophene rings is 1. The fourth-order valence-electron chi connectivity index (χ4n) is 2.64. The second-order valence-electron chi connectivity index (χ2n) is 6.79. The predicted octanol–water partition coefficient (Wildman–Crippen LogP) is 5.91. The number of carbonyl (C=O) groups is 1. The number of nitrogens with one attached hydrogen (secondary N) is 1. The van der Waals surface area contributed by atoms with Crippen molar-refractivity contribution in [2.24, 2.45) is 5.73 Å². The van der Waals surface area contributed by atoms with Crippen molar-refractivity contribution in [1.29, 1.82) is 5.41 Å². The number of alkyl halides is 6. The molecule has 0 bridgehead atoms. The number of nitrogens with two attached hydrogens (primary N) is 1. The van der Waals surface area contributed by atoms with Crippen molar-refractivity contribution in [2.75, 3.05) is 6.26 Å². The highest BCUT2D eigenvalue weighted by Crippen LogP contribution is 2.38. The lowest BCUT2D eigenvalue weighted by atomic mass is 10.0. The maximum atomic E-state index is 13.2. The highest BCUT2D eigenvalue weighted by Gasteiger charge is 2.38. The first-order valence-electron chi connectivity index (χ1n) is 9.33. The molecule has 2 aromatic carbocycles. The maximum absolute atomic E-state index is 13.2. The summed E-state index contributed by atoms with van der Waals surface area (Å²) in [7, 11) is -3.90. The van der Waals surface area contributed by atoms with E-state index < -0.39 is 33.7 Å². The average molecular weight is 571 g/mol. The number of amidine groups is 1. The van der Waals surface area contributed by atoms with Gasteiger partial charge in [0.1, 0.15) is 5.84 Å². The zero-order chi connectivity index (χ0) is 27.5. The Morgan fingerprint density at radius 2 is 1.56 bits per heavy atom. The number of hydrogen-bond acceptors (Lipinski definition) is 6. The average Bonchev–Trinajstić information content (AvgIpc) is 3.24. The number of nitrogen functional groups attached to an aromatic ring is 1. The molecular formula is C21H16F6N2O4S3. The van der Waals surface area contributed by atoms with Gasteiger partial charge in [-0.05, 0) is 47.7 Å². The number of hydrogen-bond donors (Lipinski definition) is 3. The van der Waals surface area contributed by atoms with Crippen LogP contribution in [0.15, 0.2) is 68.6 Å². The van der Waals surface area contributed by atoms with E-state index in [0.29, 0.717) is 20.2 Å². The van der Waals surface area contributed by atoms with Crippen molar-refractivity contribution >= 4 is 44.7 Å². The van der Waals surface area contributed by atoms with Crippen molar-refractivity contribution in [3.05, 3.63) is 65.0 Å². The third-order valence-electron chi connectivity index (χ3n) is 4.34. The summed E-state index contributed by atoms with van der Waals surface area (Å²) in [5, 5.41) is 14.7. The Hall–Kier alpha value is -3.04. The molecule has 0 fully saturated rings. The van der Waals surface area contributed by atoms with Crippen molar-refractivity contribution in [3.63, 3.8) is 0 Å². The van der Waals surface area contributed by atoms with Crippen LogP contribution in [0.4, 0.5) is 26.3 Å². The molecule has 0 saturated carbocycles. The molecule has 0 aliphatic rings. The van der Waals surface area contributed by atoms with Crippen LogP contribution in [0.2, 0.25) is 0 Å². The number of carboxylic acid groups (broad SMARTS) is 1. The van der Waals surface area contributed by atoms with Gasteiger partial charge in [-0.25, -0.2) is 13.2 Å². The molecule has 0 unspecified atom stereocenters. The minimum absolute atomic E-state index is 0.0121. The van der Waals surface area contributed by atoms with Crippen molar-refractivity contribution < 1.29 is 44.7 Å². The van der Waals surface area contributed by atoms with Crippen LogP contribution < -0.4 is 5.73 Å². The van der Waals surface area contributed by atoms with E-state index in [4.69, 9.17) is 21.0 Å². The fraction of sp³-hybridized carbons (Fsp3) is 0.143. The van der Waals surface area contributed by atoms with Crippen LogP contribution in [0.1, 0.15) is 10.4 Å². The first kappa shape index (κ1) is 29.2. The zero-order valence-corrected chi connectivity index (χ0v) is 20.4. The van der Waals surface area contributed by atoms with Gasteiger partial charge >= 0.3 is 18.3 Å². The van der Waals surface area contributed by atoms with E-state index in [0.717, 1.165) is 23.5 Å². The van der Waals surface area contributed by atoms with E-state index in [1.165, 1.54) is 48.2 Å². The number of halogens is 6. The molecular weight excluding hydrogens is 554 g/mol. The summed E-state index contributed by atoms with van der Waals surface area (Å²) in [5.41, 5.74) is 5.66. The SMILES string of the molecule is CSc1sc(C(=N)N)cc1S(=O)(=O)c1cccc(-c2ccc(C(F)(F)F)cc2)c1.O=C(O)C(F)(F)F. The molecule has 3 rings (SSSR count). The van der Waals surface area contributed by atoms with Crippen molar-refractivity contribution in [3.8, 4) is 11.1 Å². The predicted molar refractivity (Wildman–Crippen MR) is 123 cm³/mol. The van der Waals surface area contributed by atoms with Gasteiger partial charge in [0.05, 0.1) is 24.4 Å². The van der Waals surface area contributed by atoms with Crippen LogP contribution in [0.3, 0.4) is 0 Å². The molecule has 1 heterocycles. The minimum atomic E-state index is -5.08. The Morgan fingerprint density at radius 1 is 1.00 bits per heavy atom. The van der Waals surface area contributed by atoms with E-state index in [-0.39, 0.29) is 15.6 Å². The highest BCUT2D eigenvalue weighted by atomic mass is 32.2. The van der Waals surface area contributed by atoms with Gasteiger partial charge in [-0.1, -0.05) is 24.3 Å². The number of aliphatic carboxylic acids is 1. The molecule has 6 nitrogen and oxygen atoms in total. The highest BCUT2D eigenvalue weighted by molar-refractivity contribution is 8.01. The van der Waals surface area contributed by atoms with Gasteiger partial charge in [0.2, 0.25) is 9.84 Å². The minimum Gasteiger partial charge on any atom is -0.475 e. The third kappa shape index (κ3) is 7.01. The van der Waals surface area contributed by atoms with Crippen LogP contribution in [-0.2, 0) is 20.8 Å². The summed E-state index contributed by atoms with van der Waals surface area (Å²) in [6.45, 7) is 0. The number of carboxylic acids is 1. The smallest absolute Gasteiger partial charge is 0.475 e. The lowest BCUT2D eigenvalue weighted by Gasteiger charge is -2.09. The molecule has 194 valence electrons. The van der Waals surface area contributed by atoms with Gasteiger partial charge in [0, 0.05) is 0 Å². The molecule has 0 radical (unpaired) electrons. The summed E-state index contributed by atoms with van der Waals surface area (Å²) in [4.78, 5) is 9.32. The quantitative estimate of drug-likeness (QED) is 0.152. The first-order valence-corrected chi connectivity index (χ1v) is 12.9. The van der Waals surface area contributed by atoms with Crippen molar-refractivity contribution in [1.82, 2.24) is 0 Å². The van der Waals surface area contributed by atoms with Crippen molar-refractivity contribution in [2.45, 2.75) is 26.4 Å². The molecule has 0 aliphatic heterocycles. The summed E-state index contributed by atoms with van der Waals surface area (Å²) < 4.78 is 96.8. The Bertz CT molecular complexity index is 1370.